The molecule has 0 aromatic rings. The van der Waals surface area contributed by atoms with Crippen molar-refractivity contribution in [3.63, 3.8) is 0 Å². The first-order valence-corrected chi connectivity index (χ1v) is 10.6. The third kappa shape index (κ3) is 6.71. The molecule has 0 aromatic heterocycles. The van der Waals surface area contributed by atoms with Crippen molar-refractivity contribution in [1.29, 1.82) is 0 Å². The predicted octanol–water partition coefficient (Wildman–Crippen LogP) is 4.00. The van der Waals surface area contributed by atoms with Gasteiger partial charge in [0.1, 0.15) is 6.79 Å². The van der Waals surface area contributed by atoms with Gasteiger partial charge in [-0.2, -0.15) is 17.5 Å². The lowest BCUT2D eigenvalue weighted by Gasteiger charge is -2.25. The number of carbonyl (C=O) groups is 1. The van der Waals surface area contributed by atoms with Gasteiger partial charge in [-0.25, -0.2) is 8.42 Å². The third-order valence-electron chi connectivity index (χ3n) is 4.56. The molecule has 1 saturated heterocycles. The minimum atomic E-state index is -5.39. The zero-order valence-corrected chi connectivity index (χ0v) is 17.2. The topological polar surface area (TPSA) is 66.5 Å². The zero-order valence-electron chi connectivity index (χ0n) is 16.4. The van der Waals surface area contributed by atoms with Crippen molar-refractivity contribution in [2.75, 3.05) is 13.1 Å². The summed E-state index contributed by atoms with van der Waals surface area (Å²) >= 11 is 0. The summed E-state index contributed by atoms with van der Waals surface area (Å²) < 4.78 is 63.8. The third-order valence-corrected chi connectivity index (χ3v) is 6.10. The molecule has 0 saturated carbocycles. The summed E-state index contributed by atoms with van der Waals surface area (Å²) in [6.07, 6.45) is 13.6. The number of hydrogen-bond donors (Lipinski definition) is 1. The Bertz CT molecular complexity index is 796. The van der Waals surface area contributed by atoms with Gasteiger partial charge >= 0.3 is 15.5 Å². The summed E-state index contributed by atoms with van der Waals surface area (Å²) in [6, 6.07) is -0.425. The van der Waals surface area contributed by atoms with E-state index in [1.165, 1.54) is 0 Å². The first-order valence-electron chi connectivity index (χ1n) is 9.14. The van der Waals surface area contributed by atoms with E-state index >= 15 is 0 Å². The van der Waals surface area contributed by atoms with E-state index in [1.807, 2.05) is 44.1 Å². The first kappa shape index (κ1) is 24.9. The van der Waals surface area contributed by atoms with Gasteiger partial charge in [0, 0.05) is 24.8 Å². The molecule has 0 aromatic carbocycles. The van der Waals surface area contributed by atoms with E-state index < -0.39 is 21.6 Å². The van der Waals surface area contributed by atoms with Gasteiger partial charge in [0.2, 0.25) is 0 Å². The molecule has 0 bridgehead atoms. The number of nitrogens with zero attached hydrogens (tertiary/aromatic N) is 1. The van der Waals surface area contributed by atoms with Crippen LogP contribution in [-0.4, -0.2) is 44.2 Å². The molecule has 0 radical (unpaired) electrons. The van der Waals surface area contributed by atoms with Crippen LogP contribution >= 0.6 is 0 Å². The fraction of sp³-hybridized carbons (Fsp3) is 0.450. The van der Waals surface area contributed by atoms with Crippen LogP contribution in [0.3, 0.4) is 0 Å². The quantitative estimate of drug-likeness (QED) is 0.645. The Labute approximate surface area is 170 Å². The average Bonchev–Trinajstić information content (AvgIpc) is 2.88. The highest BCUT2D eigenvalue weighted by Gasteiger charge is 2.51. The van der Waals surface area contributed by atoms with Crippen molar-refractivity contribution in [2.24, 2.45) is 0 Å². The summed E-state index contributed by atoms with van der Waals surface area (Å²) in [5.41, 5.74) is -3.02. The number of carbonyl (C=O) groups excluding carboxylic acids is 1. The van der Waals surface area contributed by atoms with E-state index in [2.05, 4.69) is 11.9 Å². The van der Waals surface area contributed by atoms with E-state index in [9.17, 15) is 21.6 Å². The predicted molar refractivity (Wildman–Crippen MR) is 108 cm³/mol. The van der Waals surface area contributed by atoms with Crippen molar-refractivity contribution in [2.45, 2.75) is 44.2 Å². The number of nitrogens with one attached hydrogen (secondary N) is 1. The lowest BCUT2D eigenvalue weighted by molar-refractivity contribution is -0.0980. The molecular weight excluding hydrogens is 405 g/mol. The maximum absolute atomic E-state index is 13.1. The number of sulfonamides is 1. The zero-order chi connectivity index (χ0) is 22.1. The Morgan fingerprint density at radius 2 is 1.97 bits per heavy atom. The van der Waals surface area contributed by atoms with Crippen LogP contribution in [0, 0.1) is 0 Å². The van der Waals surface area contributed by atoms with Gasteiger partial charge < -0.3 is 10.1 Å². The number of fused-ring (bicyclic) bond motifs is 1. The molecule has 1 unspecified atom stereocenters. The molecule has 0 spiro atoms. The monoisotopic (exact) mass is 432 g/mol. The van der Waals surface area contributed by atoms with Crippen molar-refractivity contribution in [3.05, 3.63) is 59.9 Å². The van der Waals surface area contributed by atoms with Crippen LogP contribution in [0.2, 0.25) is 0 Å². The lowest BCUT2D eigenvalue weighted by Crippen LogP contribution is -2.45. The van der Waals surface area contributed by atoms with E-state index in [1.54, 1.807) is 6.08 Å². The largest absolute Gasteiger partial charge is 0.511 e. The van der Waals surface area contributed by atoms with E-state index in [0.29, 0.717) is 29.1 Å². The molecule has 2 aliphatic rings. The smallest absolute Gasteiger partial charge is 0.381 e. The highest BCUT2D eigenvalue weighted by molar-refractivity contribution is 7.90. The number of hydrogen-bond acceptors (Lipinski definition) is 4. The SMILES string of the molecule is C=C/C(=C\C=C/C)CCC1CN(S(=O)(=O)C(F)(F)F)CC2=CCCC=C2N1.C=O. The second kappa shape index (κ2) is 11.2. The fourth-order valence-corrected chi connectivity index (χ4v) is 4.08. The van der Waals surface area contributed by atoms with Crippen LogP contribution < -0.4 is 5.32 Å². The number of halogens is 3. The average molecular weight is 433 g/mol. The Kier molecular flexibility index (Phi) is 9.58. The Morgan fingerprint density at radius 1 is 1.31 bits per heavy atom. The van der Waals surface area contributed by atoms with Crippen LogP contribution in [0.5, 0.6) is 0 Å². The van der Waals surface area contributed by atoms with Gasteiger partial charge in [0.25, 0.3) is 0 Å². The molecule has 0 amide bonds. The highest BCUT2D eigenvalue weighted by atomic mass is 32.2. The molecule has 29 heavy (non-hydrogen) atoms. The summed E-state index contributed by atoms with van der Waals surface area (Å²) in [5.74, 6) is 0. The molecule has 162 valence electrons. The Morgan fingerprint density at radius 3 is 2.55 bits per heavy atom. The van der Waals surface area contributed by atoms with Gasteiger partial charge in [-0.15, -0.1) is 0 Å². The van der Waals surface area contributed by atoms with Crippen LogP contribution in [0.15, 0.2) is 59.9 Å². The van der Waals surface area contributed by atoms with Crippen molar-refractivity contribution < 1.29 is 26.4 Å². The van der Waals surface area contributed by atoms with Gasteiger partial charge in [0.05, 0.1) is 0 Å². The minimum Gasteiger partial charge on any atom is -0.381 e. The van der Waals surface area contributed by atoms with Crippen LogP contribution in [-0.2, 0) is 14.8 Å². The first-order chi connectivity index (χ1) is 13.7. The molecule has 1 heterocycles. The van der Waals surface area contributed by atoms with Crippen LogP contribution in [0.25, 0.3) is 0 Å². The number of rotatable bonds is 6. The second-order valence-electron chi connectivity index (χ2n) is 6.52. The summed E-state index contributed by atoms with van der Waals surface area (Å²) in [5, 5.41) is 3.25. The number of alkyl halides is 3. The maximum atomic E-state index is 13.1. The Balaban J connectivity index is 0.00000204. The molecule has 2 rings (SSSR count). The summed E-state index contributed by atoms with van der Waals surface area (Å²) in [7, 11) is -5.39. The standard InChI is InChI=1S/C19H25F3N2O2S.CH2O/c1-3-5-8-15(4-2)11-12-17-14-24(27(25,26)19(20,21)22)13-16-9-6-7-10-18(16)23-17;1-2/h3-5,8-10,17,23H,2,6-7,11-14H2,1H3;1H2/b5-3-,15-8+;. The Hall–Kier alpha value is -2.13. The van der Waals surface area contributed by atoms with Crippen molar-refractivity contribution >= 4 is 16.8 Å². The van der Waals surface area contributed by atoms with Gasteiger partial charge in [-0.05, 0) is 43.8 Å². The van der Waals surface area contributed by atoms with Gasteiger partial charge in [-0.3, -0.25) is 0 Å². The molecule has 1 aliphatic heterocycles. The molecule has 1 fully saturated rings. The van der Waals surface area contributed by atoms with E-state index in [4.69, 9.17) is 4.79 Å². The summed E-state index contributed by atoms with van der Waals surface area (Å²) in [6.45, 7) is 7.14. The van der Waals surface area contributed by atoms with Gasteiger partial charge in [0.15, 0.2) is 0 Å². The molecular formula is C20H27F3N2O3S. The summed E-state index contributed by atoms with van der Waals surface area (Å²) in [4.78, 5) is 8.00. The van der Waals surface area contributed by atoms with Gasteiger partial charge in [-0.1, -0.05) is 43.0 Å². The highest BCUT2D eigenvalue weighted by Crippen LogP contribution is 2.31. The molecule has 1 atom stereocenters. The van der Waals surface area contributed by atoms with Crippen molar-refractivity contribution in [3.8, 4) is 0 Å². The molecule has 5 nitrogen and oxygen atoms in total. The maximum Gasteiger partial charge on any atom is 0.511 e. The minimum absolute atomic E-state index is 0.232. The van der Waals surface area contributed by atoms with E-state index in [-0.39, 0.29) is 13.1 Å². The molecule has 9 heteroatoms. The molecule has 1 aliphatic carbocycles. The molecule has 1 N–H and O–H groups in total. The second-order valence-corrected chi connectivity index (χ2v) is 8.45. The van der Waals surface area contributed by atoms with Crippen molar-refractivity contribution in [1.82, 2.24) is 9.62 Å². The fourth-order valence-electron chi connectivity index (χ4n) is 3.10. The number of allylic oxidation sites excluding steroid dienone is 7. The van der Waals surface area contributed by atoms with Crippen LogP contribution in [0.4, 0.5) is 13.2 Å². The van der Waals surface area contributed by atoms with E-state index in [0.717, 1.165) is 17.7 Å². The lowest BCUT2D eigenvalue weighted by atomic mass is 10.0. The van der Waals surface area contributed by atoms with Crippen LogP contribution in [0.1, 0.15) is 32.6 Å². The normalized spacial score (nSPS) is 21.1.